The summed E-state index contributed by atoms with van der Waals surface area (Å²) in [7, 11) is -1.59. The molecule has 0 amide bonds. The van der Waals surface area contributed by atoms with Gasteiger partial charge in [0, 0.05) is 6.10 Å². The summed E-state index contributed by atoms with van der Waals surface area (Å²) in [6, 6.07) is 0. The maximum atomic E-state index is 6.72. The topological polar surface area (TPSA) is 9.23 Å². The number of hydrogen-bond donors (Lipinski definition) is 0. The molecule has 0 aliphatic heterocycles. The molecule has 0 spiro atoms. The van der Waals surface area contributed by atoms with E-state index in [9.17, 15) is 0 Å². The molecule has 0 N–H and O–H groups in total. The Morgan fingerprint density at radius 1 is 0.812 bits per heavy atom. The monoisotopic (exact) mass is 242 g/mol. The maximum Gasteiger partial charge on any atom is 0.200 e. The standard InChI is InChI=1S/C14H30OSi/c1-11(2)16(12(3)4,13(5)6)15-14-9-7-8-10-14/h11-14H,7-10H2,1-6H3. The number of hydrogen-bond acceptors (Lipinski definition) is 1. The van der Waals surface area contributed by atoms with Crippen molar-refractivity contribution < 1.29 is 4.43 Å². The molecule has 0 saturated heterocycles. The Kier molecular flexibility index (Phi) is 5.05. The predicted octanol–water partition coefficient (Wildman–Crippen LogP) is 5.12. The molecule has 2 heteroatoms. The summed E-state index contributed by atoms with van der Waals surface area (Å²) in [5.74, 6) is 0. The average molecular weight is 242 g/mol. The van der Waals surface area contributed by atoms with Crippen molar-refractivity contribution in [3.05, 3.63) is 0 Å². The first-order valence-corrected chi connectivity index (χ1v) is 9.23. The molecule has 0 atom stereocenters. The zero-order valence-electron chi connectivity index (χ0n) is 12.0. The highest BCUT2D eigenvalue weighted by molar-refractivity contribution is 6.77. The van der Waals surface area contributed by atoms with E-state index in [1.165, 1.54) is 25.7 Å². The van der Waals surface area contributed by atoms with Crippen LogP contribution >= 0.6 is 0 Å². The van der Waals surface area contributed by atoms with E-state index in [4.69, 9.17) is 4.43 Å². The predicted molar refractivity (Wildman–Crippen MR) is 74.4 cm³/mol. The van der Waals surface area contributed by atoms with Crippen LogP contribution in [0.1, 0.15) is 67.2 Å². The Balaban J connectivity index is 2.82. The average Bonchev–Trinajstić information content (AvgIpc) is 2.64. The highest BCUT2D eigenvalue weighted by Crippen LogP contribution is 2.44. The summed E-state index contributed by atoms with van der Waals surface area (Å²) in [5.41, 5.74) is 2.19. The van der Waals surface area contributed by atoms with E-state index >= 15 is 0 Å². The Hall–Kier alpha value is 0.177. The van der Waals surface area contributed by atoms with Gasteiger partial charge in [0.05, 0.1) is 0 Å². The summed E-state index contributed by atoms with van der Waals surface area (Å²) in [5, 5.41) is 0. The third kappa shape index (κ3) is 2.70. The Labute approximate surface area is 103 Å². The second-order valence-electron chi connectivity index (χ2n) is 6.34. The van der Waals surface area contributed by atoms with E-state index in [0.717, 1.165) is 16.6 Å². The lowest BCUT2D eigenvalue weighted by Gasteiger charge is -2.44. The van der Waals surface area contributed by atoms with Gasteiger partial charge < -0.3 is 4.43 Å². The van der Waals surface area contributed by atoms with E-state index in [2.05, 4.69) is 41.5 Å². The fraction of sp³-hybridized carbons (Fsp3) is 1.00. The van der Waals surface area contributed by atoms with Crippen LogP contribution in [-0.4, -0.2) is 14.4 Å². The molecule has 0 radical (unpaired) electrons. The first-order valence-electron chi connectivity index (χ1n) is 7.09. The minimum atomic E-state index is -1.59. The van der Waals surface area contributed by atoms with Crippen LogP contribution < -0.4 is 0 Å². The van der Waals surface area contributed by atoms with E-state index in [-0.39, 0.29) is 0 Å². The van der Waals surface area contributed by atoms with Gasteiger partial charge in [0.25, 0.3) is 0 Å². The highest BCUT2D eigenvalue weighted by atomic mass is 28.4. The molecule has 1 aliphatic rings. The third-order valence-electron chi connectivity index (χ3n) is 4.38. The summed E-state index contributed by atoms with van der Waals surface area (Å²) < 4.78 is 6.72. The molecule has 16 heavy (non-hydrogen) atoms. The van der Waals surface area contributed by atoms with Crippen LogP contribution in [0.15, 0.2) is 0 Å². The second kappa shape index (κ2) is 5.68. The van der Waals surface area contributed by atoms with Crippen molar-refractivity contribution in [1.29, 1.82) is 0 Å². The van der Waals surface area contributed by atoms with Crippen LogP contribution in [0, 0.1) is 0 Å². The van der Waals surface area contributed by atoms with Gasteiger partial charge in [-0.3, -0.25) is 0 Å². The maximum absolute atomic E-state index is 6.72. The minimum Gasteiger partial charge on any atom is -0.413 e. The zero-order valence-corrected chi connectivity index (χ0v) is 13.0. The van der Waals surface area contributed by atoms with Crippen LogP contribution in [0.3, 0.4) is 0 Å². The summed E-state index contributed by atoms with van der Waals surface area (Å²) >= 11 is 0. The molecule has 0 unspecified atom stereocenters. The molecule has 1 aliphatic carbocycles. The van der Waals surface area contributed by atoms with E-state index in [0.29, 0.717) is 6.10 Å². The highest BCUT2D eigenvalue weighted by Gasteiger charge is 2.46. The summed E-state index contributed by atoms with van der Waals surface area (Å²) in [6.45, 7) is 14.3. The van der Waals surface area contributed by atoms with E-state index < -0.39 is 8.32 Å². The molecular formula is C14H30OSi. The lowest BCUT2D eigenvalue weighted by Crippen LogP contribution is -2.49. The molecular weight excluding hydrogens is 212 g/mol. The molecule has 0 aromatic carbocycles. The molecule has 1 saturated carbocycles. The molecule has 0 bridgehead atoms. The van der Waals surface area contributed by atoms with Gasteiger partial charge in [-0.1, -0.05) is 54.4 Å². The van der Waals surface area contributed by atoms with Crippen molar-refractivity contribution >= 4 is 8.32 Å². The summed E-state index contributed by atoms with van der Waals surface area (Å²) in [6.07, 6.45) is 5.95. The van der Waals surface area contributed by atoms with Gasteiger partial charge in [-0.15, -0.1) is 0 Å². The Morgan fingerprint density at radius 2 is 1.19 bits per heavy atom. The lowest BCUT2D eigenvalue weighted by atomic mass is 10.3. The zero-order chi connectivity index (χ0) is 12.3. The molecule has 1 fully saturated rings. The molecule has 1 nitrogen and oxygen atoms in total. The lowest BCUT2D eigenvalue weighted by molar-refractivity contribution is 0.180. The molecule has 0 aromatic heterocycles. The SMILES string of the molecule is CC(C)[Si](OC1CCCC1)(C(C)C)C(C)C. The van der Waals surface area contributed by atoms with Gasteiger partial charge in [0.15, 0.2) is 0 Å². The minimum absolute atomic E-state index is 0.582. The van der Waals surface area contributed by atoms with Gasteiger partial charge >= 0.3 is 0 Å². The van der Waals surface area contributed by atoms with Gasteiger partial charge in [0.1, 0.15) is 0 Å². The smallest absolute Gasteiger partial charge is 0.200 e. The Morgan fingerprint density at radius 3 is 1.50 bits per heavy atom. The van der Waals surface area contributed by atoms with Crippen molar-refractivity contribution in [3.63, 3.8) is 0 Å². The van der Waals surface area contributed by atoms with Crippen LogP contribution in [0.5, 0.6) is 0 Å². The van der Waals surface area contributed by atoms with Gasteiger partial charge in [-0.2, -0.15) is 0 Å². The molecule has 0 heterocycles. The van der Waals surface area contributed by atoms with Crippen LogP contribution in [0.25, 0.3) is 0 Å². The van der Waals surface area contributed by atoms with Gasteiger partial charge in [-0.05, 0) is 29.5 Å². The van der Waals surface area contributed by atoms with E-state index in [1.54, 1.807) is 0 Å². The summed E-state index contributed by atoms with van der Waals surface area (Å²) in [4.78, 5) is 0. The van der Waals surface area contributed by atoms with Crippen molar-refractivity contribution in [1.82, 2.24) is 0 Å². The first-order chi connectivity index (χ1) is 7.41. The van der Waals surface area contributed by atoms with Gasteiger partial charge in [-0.25, -0.2) is 0 Å². The van der Waals surface area contributed by atoms with Crippen LogP contribution in [-0.2, 0) is 4.43 Å². The quantitative estimate of drug-likeness (QED) is 0.608. The first kappa shape index (κ1) is 14.2. The Bertz CT molecular complexity index is 183. The van der Waals surface area contributed by atoms with Crippen molar-refractivity contribution in [3.8, 4) is 0 Å². The fourth-order valence-electron chi connectivity index (χ4n) is 3.70. The number of rotatable bonds is 5. The fourth-order valence-corrected chi connectivity index (χ4v) is 9.33. The normalized spacial score (nSPS) is 19.3. The van der Waals surface area contributed by atoms with Crippen molar-refractivity contribution in [2.75, 3.05) is 0 Å². The van der Waals surface area contributed by atoms with Gasteiger partial charge in [0.2, 0.25) is 8.32 Å². The van der Waals surface area contributed by atoms with Crippen LogP contribution in [0.2, 0.25) is 16.6 Å². The second-order valence-corrected chi connectivity index (χ2v) is 11.7. The molecule has 0 aromatic rings. The van der Waals surface area contributed by atoms with Crippen molar-refractivity contribution in [2.45, 2.75) is 90.0 Å². The van der Waals surface area contributed by atoms with E-state index in [1.807, 2.05) is 0 Å². The molecule has 1 rings (SSSR count). The van der Waals surface area contributed by atoms with Crippen molar-refractivity contribution in [2.24, 2.45) is 0 Å². The third-order valence-corrected chi connectivity index (χ3v) is 10.5. The molecule has 96 valence electrons. The largest absolute Gasteiger partial charge is 0.413 e. The van der Waals surface area contributed by atoms with Crippen LogP contribution in [0.4, 0.5) is 0 Å².